The first kappa shape index (κ1) is 10.9. The van der Waals surface area contributed by atoms with Crippen molar-refractivity contribution in [2.24, 2.45) is 0 Å². The molecule has 0 aliphatic carbocycles. The molecule has 0 spiro atoms. The molecule has 2 rings (SSSR count). The molecule has 0 unspecified atom stereocenters. The van der Waals surface area contributed by atoms with Gasteiger partial charge in [-0.3, -0.25) is 0 Å². The number of rotatable bonds is 3. The monoisotopic (exact) mass is 214 g/mol. The summed E-state index contributed by atoms with van der Waals surface area (Å²) >= 11 is 0. The van der Waals surface area contributed by atoms with Gasteiger partial charge in [0, 0.05) is 5.92 Å². The van der Waals surface area contributed by atoms with Crippen LogP contribution >= 0.6 is 0 Å². The van der Waals surface area contributed by atoms with E-state index in [1.54, 1.807) is 6.07 Å². The van der Waals surface area contributed by atoms with Crippen LogP contribution in [0.1, 0.15) is 30.4 Å². The average molecular weight is 214 g/mol. The zero-order chi connectivity index (χ0) is 11.4. The fourth-order valence-electron chi connectivity index (χ4n) is 2.08. The largest absolute Gasteiger partial charge is 0.207 e. The summed E-state index contributed by atoms with van der Waals surface area (Å²) in [6.45, 7) is 2.09. The van der Waals surface area contributed by atoms with Gasteiger partial charge in [0.1, 0.15) is 5.82 Å². The highest BCUT2D eigenvalue weighted by atomic mass is 19.1. The molecule has 0 aromatic heterocycles. The molecule has 16 heavy (non-hydrogen) atoms. The first-order valence-corrected chi connectivity index (χ1v) is 5.62. The molecule has 0 aliphatic heterocycles. The highest BCUT2D eigenvalue weighted by molar-refractivity contribution is 5.32. The molecule has 1 atom stereocenters. The predicted octanol–water partition coefficient (Wildman–Crippen LogP) is 4.37. The summed E-state index contributed by atoms with van der Waals surface area (Å²) in [5.41, 5.74) is 1.96. The van der Waals surface area contributed by atoms with Crippen LogP contribution in [-0.4, -0.2) is 0 Å². The second-order valence-corrected chi connectivity index (χ2v) is 3.89. The lowest BCUT2D eigenvalue weighted by atomic mass is 9.89. The maximum absolute atomic E-state index is 13.7. The molecule has 0 amide bonds. The van der Waals surface area contributed by atoms with E-state index < -0.39 is 0 Å². The van der Waals surface area contributed by atoms with Crippen molar-refractivity contribution >= 4 is 0 Å². The van der Waals surface area contributed by atoms with Crippen LogP contribution in [0.5, 0.6) is 0 Å². The molecule has 0 bridgehead atoms. The summed E-state index contributed by atoms with van der Waals surface area (Å²) in [7, 11) is 0. The third-order valence-electron chi connectivity index (χ3n) is 2.89. The van der Waals surface area contributed by atoms with Gasteiger partial charge in [-0.15, -0.1) is 0 Å². The van der Waals surface area contributed by atoms with Gasteiger partial charge < -0.3 is 0 Å². The van der Waals surface area contributed by atoms with Crippen LogP contribution in [0.15, 0.2) is 54.6 Å². The molecule has 2 aromatic rings. The molecule has 0 saturated carbocycles. The Morgan fingerprint density at radius 2 is 1.56 bits per heavy atom. The van der Waals surface area contributed by atoms with Crippen molar-refractivity contribution in [3.63, 3.8) is 0 Å². The Morgan fingerprint density at radius 3 is 2.19 bits per heavy atom. The van der Waals surface area contributed by atoms with Crippen molar-refractivity contribution < 1.29 is 4.39 Å². The van der Waals surface area contributed by atoms with Crippen LogP contribution in [0.25, 0.3) is 0 Å². The van der Waals surface area contributed by atoms with Crippen molar-refractivity contribution in [2.45, 2.75) is 19.3 Å². The van der Waals surface area contributed by atoms with Crippen LogP contribution in [0.3, 0.4) is 0 Å². The molecule has 0 N–H and O–H groups in total. The fraction of sp³-hybridized carbons (Fsp3) is 0.200. The minimum Gasteiger partial charge on any atom is -0.207 e. The van der Waals surface area contributed by atoms with E-state index in [9.17, 15) is 4.39 Å². The molecule has 1 heteroatoms. The van der Waals surface area contributed by atoms with Crippen molar-refractivity contribution in [2.75, 3.05) is 0 Å². The molecule has 82 valence electrons. The third kappa shape index (κ3) is 2.13. The lowest BCUT2D eigenvalue weighted by molar-refractivity contribution is 0.592. The van der Waals surface area contributed by atoms with Gasteiger partial charge in [0.15, 0.2) is 0 Å². The van der Waals surface area contributed by atoms with Gasteiger partial charge in [-0.25, -0.2) is 4.39 Å². The smallest absolute Gasteiger partial charge is 0.127 e. The number of hydrogen-bond donors (Lipinski definition) is 0. The molecule has 0 heterocycles. The van der Waals surface area contributed by atoms with E-state index >= 15 is 0 Å². The average Bonchev–Trinajstić information content (AvgIpc) is 2.34. The highest BCUT2D eigenvalue weighted by Crippen LogP contribution is 2.29. The fourth-order valence-corrected chi connectivity index (χ4v) is 2.08. The van der Waals surface area contributed by atoms with Crippen molar-refractivity contribution in [1.82, 2.24) is 0 Å². The standard InChI is InChI=1S/C15H15F/c1-2-13(12-8-4-3-5-9-12)14-10-6-7-11-15(14)16/h3-11,13H,2H2,1H3/t13-/m0/s1. The van der Waals surface area contributed by atoms with Crippen LogP contribution < -0.4 is 0 Å². The van der Waals surface area contributed by atoms with E-state index in [0.717, 1.165) is 12.0 Å². The number of halogens is 1. The summed E-state index contributed by atoms with van der Waals surface area (Å²) in [6, 6.07) is 17.1. The van der Waals surface area contributed by atoms with Crippen LogP contribution in [0.4, 0.5) is 4.39 Å². The Balaban J connectivity index is 2.41. The lowest BCUT2D eigenvalue weighted by Crippen LogP contribution is -2.02. The minimum atomic E-state index is -0.113. The van der Waals surface area contributed by atoms with E-state index in [4.69, 9.17) is 0 Å². The second kappa shape index (κ2) is 4.93. The Morgan fingerprint density at radius 1 is 0.938 bits per heavy atom. The van der Waals surface area contributed by atoms with Gasteiger partial charge in [-0.2, -0.15) is 0 Å². The second-order valence-electron chi connectivity index (χ2n) is 3.89. The molecule has 2 aromatic carbocycles. The van der Waals surface area contributed by atoms with Crippen LogP contribution in [0.2, 0.25) is 0 Å². The Bertz CT molecular complexity index is 448. The zero-order valence-corrected chi connectivity index (χ0v) is 9.36. The summed E-state index contributed by atoms with van der Waals surface area (Å²) in [6.07, 6.45) is 0.908. The van der Waals surface area contributed by atoms with Crippen molar-refractivity contribution in [1.29, 1.82) is 0 Å². The van der Waals surface area contributed by atoms with Gasteiger partial charge in [-0.1, -0.05) is 55.5 Å². The molecule has 0 saturated heterocycles. The molecule has 0 nitrogen and oxygen atoms in total. The SMILES string of the molecule is CC[C@@H](c1ccccc1)c1ccccc1F. The van der Waals surface area contributed by atoms with Crippen LogP contribution in [0, 0.1) is 5.82 Å². The van der Waals surface area contributed by atoms with E-state index in [1.807, 2.05) is 30.3 Å². The number of hydrogen-bond acceptors (Lipinski definition) is 0. The Labute approximate surface area is 95.7 Å². The van der Waals surface area contributed by atoms with Gasteiger partial charge in [0.25, 0.3) is 0 Å². The van der Waals surface area contributed by atoms with E-state index in [1.165, 1.54) is 11.6 Å². The zero-order valence-electron chi connectivity index (χ0n) is 9.36. The summed E-state index contributed by atoms with van der Waals surface area (Å²) in [4.78, 5) is 0. The minimum absolute atomic E-state index is 0.113. The maximum atomic E-state index is 13.7. The predicted molar refractivity (Wildman–Crippen MR) is 65.0 cm³/mol. The maximum Gasteiger partial charge on any atom is 0.127 e. The third-order valence-corrected chi connectivity index (χ3v) is 2.89. The lowest BCUT2D eigenvalue weighted by Gasteiger charge is -2.16. The molecule has 0 radical (unpaired) electrons. The quantitative estimate of drug-likeness (QED) is 0.711. The molecular weight excluding hydrogens is 199 g/mol. The van der Waals surface area contributed by atoms with Crippen molar-refractivity contribution in [3.05, 3.63) is 71.5 Å². The van der Waals surface area contributed by atoms with Gasteiger partial charge >= 0.3 is 0 Å². The normalized spacial score (nSPS) is 12.4. The summed E-state index contributed by atoms with van der Waals surface area (Å²) in [5.74, 6) is 0.0422. The first-order chi connectivity index (χ1) is 7.83. The highest BCUT2D eigenvalue weighted by Gasteiger charge is 2.14. The topological polar surface area (TPSA) is 0 Å². The molecular formula is C15H15F. The van der Waals surface area contributed by atoms with Gasteiger partial charge in [0.2, 0.25) is 0 Å². The van der Waals surface area contributed by atoms with Crippen molar-refractivity contribution in [3.8, 4) is 0 Å². The number of benzene rings is 2. The van der Waals surface area contributed by atoms with Crippen LogP contribution in [-0.2, 0) is 0 Å². The van der Waals surface area contributed by atoms with E-state index in [0.29, 0.717) is 0 Å². The first-order valence-electron chi connectivity index (χ1n) is 5.62. The van der Waals surface area contributed by atoms with E-state index in [2.05, 4.69) is 19.1 Å². The summed E-state index contributed by atoms with van der Waals surface area (Å²) in [5, 5.41) is 0. The van der Waals surface area contributed by atoms with Gasteiger partial charge in [0.05, 0.1) is 0 Å². The molecule has 0 aliphatic rings. The van der Waals surface area contributed by atoms with E-state index in [-0.39, 0.29) is 11.7 Å². The molecule has 0 fully saturated rings. The van der Waals surface area contributed by atoms with Gasteiger partial charge in [-0.05, 0) is 23.6 Å². The summed E-state index contributed by atoms with van der Waals surface area (Å²) < 4.78 is 13.7. The Kier molecular flexibility index (Phi) is 3.35. The Hall–Kier alpha value is -1.63.